The van der Waals surface area contributed by atoms with E-state index in [1.54, 1.807) is 0 Å². The number of aromatic nitrogens is 4. The summed E-state index contributed by atoms with van der Waals surface area (Å²) in [6, 6.07) is 2.04. The third kappa shape index (κ3) is 2.70. The van der Waals surface area contributed by atoms with Crippen molar-refractivity contribution in [2.45, 2.75) is 33.7 Å². The molecule has 1 N–H and O–H groups in total. The fraction of sp³-hybridized carbons (Fsp3) is 0.533. The molecule has 1 aliphatic heterocycles. The van der Waals surface area contributed by atoms with Gasteiger partial charge in [0, 0.05) is 25.5 Å². The van der Waals surface area contributed by atoms with E-state index in [4.69, 9.17) is 0 Å². The summed E-state index contributed by atoms with van der Waals surface area (Å²) in [7, 11) is 1.92. The Morgan fingerprint density at radius 3 is 2.81 bits per heavy atom. The minimum Gasteiger partial charge on any atom is -0.351 e. The highest BCUT2D eigenvalue weighted by Gasteiger charge is 2.29. The average molecular weight is 287 g/mol. The summed E-state index contributed by atoms with van der Waals surface area (Å²) in [5, 5.41) is 12.0. The molecule has 6 nitrogen and oxygen atoms in total. The van der Waals surface area contributed by atoms with Crippen LogP contribution in [0, 0.1) is 12.3 Å². The maximum Gasteiger partial charge on any atom is 0.254 e. The zero-order valence-corrected chi connectivity index (χ0v) is 13.0. The topological polar surface area (TPSA) is 64.7 Å². The molecule has 3 heterocycles. The normalized spacial score (nSPS) is 17.2. The van der Waals surface area contributed by atoms with E-state index in [0.29, 0.717) is 18.7 Å². The maximum atomic E-state index is 12.1. The van der Waals surface area contributed by atoms with Gasteiger partial charge in [-0.2, -0.15) is 10.2 Å². The number of hydrogen-bond acceptors (Lipinski definition) is 3. The van der Waals surface area contributed by atoms with E-state index in [2.05, 4.69) is 29.4 Å². The number of carbonyl (C=O) groups excluding carboxylic acids is 1. The third-order valence-electron chi connectivity index (χ3n) is 3.94. The van der Waals surface area contributed by atoms with Crippen molar-refractivity contribution in [3.63, 3.8) is 0 Å². The molecule has 112 valence electrons. The van der Waals surface area contributed by atoms with Crippen molar-refractivity contribution < 1.29 is 4.79 Å². The number of rotatable bonds is 2. The molecule has 0 radical (unpaired) electrons. The van der Waals surface area contributed by atoms with E-state index in [-0.39, 0.29) is 11.3 Å². The molecule has 0 saturated heterocycles. The van der Waals surface area contributed by atoms with Crippen molar-refractivity contribution in [1.29, 1.82) is 0 Å². The molecule has 1 amide bonds. The second-order valence-corrected chi connectivity index (χ2v) is 6.61. The van der Waals surface area contributed by atoms with Crippen LogP contribution < -0.4 is 5.32 Å². The summed E-state index contributed by atoms with van der Waals surface area (Å²) < 4.78 is 3.66. The largest absolute Gasteiger partial charge is 0.351 e. The van der Waals surface area contributed by atoms with Gasteiger partial charge in [0.1, 0.15) is 0 Å². The van der Waals surface area contributed by atoms with Crippen LogP contribution in [0.4, 0.5) is 0 Å². The number of carbonyl (C=O) groups is 1. The molecular weight excluding hydrogens is 266 g/mol. The number of fused-ring (bicyclic) bond motifs is 1. The van der Waals surface area contributed by atoms with Crippen LogP contribution in [0.5, 0.6) is 0 Å². The highest BCUT2D eigenvalue weighted by atomic mass is 16.1. The fourth-order valence-electron chi connectivity index (χ4n) is 2.67. The van der Waals surface area contributed by atoms with E-state index in [0.717, 1.165) is 23.5 Å². The first-order valence-corrected chi connectivity index (χ1v) is 7.18. The number of amides is 1. The van der Waals surface area contributed by atoms with Gasteiger partial charge >= 0.3 is 0 Å². The number of hydrogen-bond donors (Lipinski definition) is 1. The smallest absolute Gasteiger partial charge is 0.254 e. The van der Waals surface area contributed by atoms with Crippen molar-refractivity contribution in [3.8, 4) is 0 Å². The van der Waals surface area contributed by atoms with Crippen LogP contribution in [0.1, 0.15) is 41.3 Å². The molecule has 0 fully saturated rings. The van der Waals surface area contributed by atoms with Gasteiger partial charge < -0.3 is 5.32 Å². The molecule has 0 unspecified atom stereocenters. The van der Waals surface area contributed by atoms with Gasteiger partial charge in [0.25, 0.3) is 5.91 Å². The molecule has 0 saturated carbocycles. The summed E-state index contributed by atoms with van der Waals surface area (Å²) in [4.78, 5) is 12.1. The van der Waals surface area contributed by atoms with E-state index < -0.39 is 0 Å². The highest BCUT2D eigenvalue weighted by molar-refractivity contribution is 5.95. The Morgan fingerprint density at radius 2 is 2.14 bits per heavy atom. The second kappa shape index (κ2) is 4.72. The van der Waals surface area contributed by atoms with Crippen molar-refractivity contribution in [3.05, 3.63) is 34.9 Å². The molecule has 1 aliphatic rings. The molecule has 6 heteroatoms. The lowest BCUT2D eigenvalue weighted by Gasteiger charge is -2.21. The maximum absolute atomic E-state index is 12.1. The third-order valence-corrected chi connectivity index (χ3v) is 3.94. The van der Waals surface area contributed by atoms with Gasteiger partial charge in [-0.15, -0.1) is 0 Å². The van der Waals surface area contributed by atoms with E-state index in [1.807, 2.05) is 35.6 Å². The Balaban J connectivity index is 1.89. The monoisotopic (exact) mass is 287 g/mol. The second-order valence-electron chi connectivity index (χ2n) is 6.61. The molecule has 3 rings (SSSR count). The summed E-state index contributed by atoms with van der Waals surface area (Å²) in [5.74, 6) is -0.0287. The molecule has 0 spiro atoms. The summed E-state index contributed by atoms with van der Waals surface area (Å²) in [6.07, 6.45) is 2.63. The first-order chi connectivity index (χ1) is 9.84. The van der Waals surface area contributed by atoms with Crippen LogP contribution in [-0.2, 0) is 20.0 Å². The van der Waals surface area contributed by atoms with Gasteiger partial charge in [0.2, 0.25) is 0 Å². The zero-order chi connectivity index (χ0) is 15.2. The predicted octanol–water partition coefficient (Wildman–Crippen LogP) is 1.29. The van der Waals surface area contributed by atoms with Crippen LogP contribution in [0.25, 0.3) is 0 Å². The van der Waals surface area contributed by atoms with Gasteiger partial charge in [0.05, 0.1) is 23.5 Å². The van der Waals surface area contributed by atoms with Crippen molar-refractivity contribution in [1.82, 2.24) is 24.9 Å². The molecule has 2 aromatic heterocycles. The lowest BCUT2D eigenvalue weighted by Crippen LogP contribution is -2.31. The first-order valence-electron chi connectivity index (χ1n) is 7.18. The van der Waals surface area contributed by atoms with E-state index in [9.17, 15) is 4.79 Å². The number of nitrogens with zero attached hydrogens (tertiary/aromatic N) is 4. The van der Waals surface area contributed by atoms with Crippen LogP contribution in [0.15, 0.2) is 12.3 Å². The van der Waals surface area contributed by atoms with Crippen molar-refractivity contribution >= 4 is 5.91 Å². The van der Waals surface area contributed by atoms with Gasteiger partial charge in [-0.1, -0.05) is 13.8 Å². The van der Waals surface area contributed by atoms with Crippen LogP contribution in [0.2, 0.25) is 0 Å². The van der Waals surface area contributed by atoms with Crippen LogP contribution in [-0.4, -0.2) is 32.0 Å². The zero-order valence-electron chi connectivity index (χ0n) is 13.0. The Labute approximate surface area is 124 Å². The summed E-state index contributed by atoms with van der Waals surface area (Å²) in [6.45, 7) is 7.57. The molecular formula is C15H21N5O. The standard InChI is InChI=1S/C15H21N5O/c1-10-5-11(17-19(10)4)7-20-8-12-13(18-20)6-15(2,3)9-16-14(12)21/h5,8H,6-7,9H2,1-4H3,(H,16,21). The minimum atomic E-state index is -0.0287. The molecule has 0 atom stereocenters. The lowest BCUT2D eigenvalue weighted by molar-refractivity contribution is 0.0944. The highest BCUT2D eigenvalue weighted by Crippen LogP contribution is 2.25. The van der Waals surface area contributed by atoms with Gasteiger partial charge in [-0.05, 0) is 24.8 Å². The van der Waals surface area contributed by atoms with Gasteiger partial charge in [-0.25, -0.2) is 0 Å². The average Bonchev–Trinajstić information content (AvgIpc) is 2.88. The summed E-state index contributed by atoms with van der Waals surface area (Å²) >= 11 is 0. The molecule has 0 bridgehead atoms. The van der Waals surface area contributed by atoms with Crippen LogP contribution >= 0.6 is 0 Å². The Morgan fingerprint density at radius 1 is 1.38 bits per heavy atom. The number of nitrogens with one attached hydrogen (secondary N) is 1. The molecule has 0 aliphatic carbocycles. The fourth-order valence-corrected chi connectivity index (χ4v) is 2.67. The molecule has 21 heavy (non-hydrogen) atoms. The first kappa shape index (κ1) is 13.9. The Kier molecular flexibility index (Phi) is 3.11. The predicted molar refractivity (Wildman–Crippen MR) is 79.1 cm³/mol. The van der Waals surface area contributed by atoms with Gasteiger partial charge in [-0.3, -0.25) is 14.2 Å². The van der Waals surface area contributed by atoms with Gasteiger partial charge in [0.15, 0.2) is 0 Å². The number of aryl methyl sites for hydroxylation is 2. The van der Waals surface area contributed by atoms with Crippen LogP contribution in [0.3, 0.4) is 0 Å². The minimum absolute atomic E-state index is 0.0287. The molecule has 0 aromatic carbocycles. The Bertz CT molecular complexity index is 675. The SMILES string of the molecule is Cc1cc(Cn2cc3c(n2)CC(C)(C)CNC3=O)nn1C. The van der Waals surface area contributed by atoms with Crippen molar-refractivity contribution in [2.24, 2.45) is 12.5 Å². The van der Waals surface area contributed by atoms with E-state index >= 15 is 0 Å². The van der Waals surface area contributed by atoms with Crippen molar-refractivity contribution in [2.75, 3.05) is 6.54 Å². The quantitative estimate of drug-likeness (QED) is 0.905. The Hall–Kier alpha value is -2.11. The summed E-state index contributed by atoms with van der Waals surface area (Å²) in [5.41, 5.74) is 3.66. The molecule has 2 aromatic rings. The van der Waals surface area contributed by atoms with E-state index in [1.165, 1.54) is 0 Å². The lowest BCUT2D eigenvalue weighted by atomic mass is 9.88.